The number of nitrogens with zero attached hydrogens (tertiary/aromatic N) is 4. The topological polar surface area (TPSA) is 60.2 Å². The van der Waals surface area contributed by atoms with Gasteiger partial charge in [-0.2, -0.15) is 5.10 Å². The molecule has 2 fully saturated rings. The zero-order chi connectivity index (χ0) is 24.7. The summed E-state index contributed by atoms with van der Waals surface area (Å²) in [5.41, 5.74) is 2.53. The van der Waals surface area contributed by atoms with Crippen LogP contribution in [-0.4, -0.2) is 58.3 Å². The van der Waals surface area contributed by atoms with Crippen molar-refractivity contribution >= 4 is 5.78 Å². The largest absolute Gasteiger partial charge is 0.381 e. The highest BCUT2D eigenvalue weighted by molar-refractivity contribution is 5.82. The highest BCUT2D eigenvalue weighted by atomic mass is 16.5. The number of Topliss-reactive ketones (excluding diaryl/α,β-unsaturated/α-hetero) is 1. The van der Waals surface area contributed by atoms with Crippen molar-refractivity contribution in [2.24, 2.45) is 5.92 Å². The molecule has 2 unspecified atom stereocenters. The number of piperidine rings is 1. The predicted molar refractivity (Wildman–Crippen MR) is 141 cm³/mol. The third-order valence-electron chi connectivity index (χ3n) is 7.85. The molecule has 0 bridgehead atoms. The zero-order valence-electron chi connectivity index (χ0n) is 21.4. The number of hydrogen-bond acceptors (Lipinski definition) is 5. The van der Waals surface area contributed by atoms with E-state index in [-0.39, 0.29) is 11.8 Å². The summed E-state index contributed by atoms with van der Waals surface area (Å²) >= 11 is 0. The first-order valence-electron chi connectivity index (χ1n) is 13.5. The fraction of sp³-hybridized carbons (Fsp3) is 0.500. The van der Waals surface area contributed by atoms with Crippen LogP contribution in [0, 0.1) is 12.8 Å². The quantitative estimate of drug-likeness (QED) is 0.404. The molecule has 0 N–H and O–H groups in total. The van der Waals surface area contributed by atoms with Gasteiger partial charge in [0.05, 0.1) is 12.6 Å². The minimum atomic E-state index is 0.0876. The van der Waals surface area contributed by atoms with Crippen molar-refractivity contribution in [3.8, 4) is 0 Å². The number of aromatic nitrogens is 3. The molecule has 2 aliphatic rings. The summed E-state index contributed by atoms with van der Waals surface area (Å²) in [4.78, 5) is 20.2. The van der Waals surface area contributed by atoms with Gasteiger partial charge in [0, 0.05) is 38.5 Å². The smallest absolute Gasteiger partial charge is 0.155 e. The molecule has 1 aromatic heterocycles. The average molecular weight is 487 g/mol. The van der Waals surface area contributed by atoms with E-state index < -0.39 is 0 Å². The molecule has 6 nitrogen and oxygen atoms in total. The monoisotopic (exact) mass is 486 g/mol. The number of carbonyl (C=O) groups excluding carboxylic acids is 1. The van der Waals surface area contributed by atoms with Gasteiger partial charge in [0.2, 0.25) is 0 Å². The normalized spacial score (nSPS) is 20.0. The molecule has 0 saturated carbocycles. The van der Waals surface area contributed by atoms with Crippen LogP contribution in [0.5, 0.6) is 0 Å². The molecular formula is C30H38N4O2. The minimum absolute atomic E-state index is 0.0876. The molecule has 190 valence electrons. The van der Waals surface area contributed by atoms with E-state index in [1.54, 1.807) is 0 Å². The molecular weight excluding hydrogens is 448 g/mol. The summed E-state index contributed by atoms with van der Waals surface area (Å²) in [6.45, 7) is 6.54. The summed E-state index contributed by atoms with van der Waals surface area (Å²) in [6.07, 6.45) is 5.46. The fourth-order valence-electron chi connectivity index (χ4n) is 5.69. The molecule has 2 aliphatic heterocycles. The third-order valence-corrected chi connectivity index (χ3v) is 7.85. The summed E-state index contributed by atoms with van der Waals surface area (Å²) in [7, 11) is 0. The van der Waals surface area contributed by atoms with E-state index in [9.17, 15) is 4.79 Å². The van der Waals surface area contributed by atoms with Gasteiger partial charge in [0.15, 0.2) is 5.82 Å². The van der Waals surface area contributed by atoms with Crippen LogP contribution in [0.2, 0.25) is 0 Å². The Morgan fingerprint density at radius 2 is 1.75 bits per heavy atom. The zero-order valence-corrected chi connectivity index (χ0v) is 21.4. The molecule has 0 radical (unpaired) electrons. The molecule has 2 atom stereocenters. The van der Waals surface area contributed by atoms with Gasteiger partial charge in [-0.3, -0.25) is 4.79 Å². The molecule has 0 spiro atoms. The lowest BCUT2D eigenvalue weighted by Gasteiger charge is -2.33. The lowest BCUT2D eigenvalue weighted by atomic mass is 9.86. The Bertz CT molecular complexity index is 1100. The highest BCUT2D eigenvalue weighted by Gasteiger charge is 2.28. The average Bonchev–Trinajstić information content (AvgIpc) is 3.58. The van der Waals surface area contributed by atoms with Crippen molar-refractivity contribution in [2.45, 2.75) is 57.4 Å². The highest BCUT2D eigenvalue weighted by Crippen LogP contribution is 2.29. The van der Waals surface area contributed by atoms with Crippen LogP contribution in [-0.2, 0) is 16.0 Å². The Morgan fingerprint density at radius 3 is 2.44 bits per heavy atom. The van der Waals surface area contributed by atoms with E-state index in [1.807, 2.05) is 6.07 Å². The molecule has 2 saturated heterocycles. The van der Waals surface area contributed by atoms with E-state index >= 15 is 0 Å². The van der Waals surface area contributed by atoms with Gasteiger partial charge < -0.3 is 9.64 Å². The predicted octanol–water partition coefficient (Wildman–Crippen LogP) is 4.98. The Morgan fingerprint density at radius 1 is 1.03 bits per heavy atom. The van der Waals surface area contributed by atoms with Gasteiger partial charge in [-0.25, -0.2) is 9.67 Å². The number of ether oxygens (including phenoxy) is 1. The molecule has 5 rings (SSSR count). The number of likely N-dealkylation sites (tertiary alicyclic amines) is 1. The Kier molecular flexibility index (Phi) is 8.24. The van der Waals surface area contributed by atoms with Gasteiger partial charge in [-0.15, -0.1) is 0 Å². The van der Waals surface area contributed by atoms with Crippen LogP contribution in [0.1, 0.15) is 66.8 Å². The molecule has 3 aromatic rings. The third kappa shape index (κ3) is 6.29. The second kappa shape index (κ2) is 11.9. The van der Waals surface area contributed by atoms with Crippen molar-refractivity contribution in [3.05, 3.63) is 83.4 Å². The molecule has 0 aliphatic carbocycles. The SMILES string of the molecule is Cc1nc(Cc2ccccc2)nn1C1CCN(CCC(CC(=O)C2CCOC2)c2ccccc2)CC1. The van der Waals surface area contributed by atoms with Gasteiger partial charge >= 0.3 is 0 Å². The maximum absolute atomic E-state index is 12.9. The van der Waals surface area contributed by atoms with Gasteiger partial charge in [0.25, 0.3) is 0 Å². The van der Waals surface area contributed by atoms with E-state index in [0.29, 0.717) is 24.9 Å². The fourth-order valence-corrected chi connectivity index (χ4v) is 5.69. The van der Waals surface area contributed by atoms with Crippen LogP contribution in [0.4, 0.5) is 0 Å². The van der Waals surface area contributed by atoms with Crippen LogP contribution < -0.4 is 0 Å². The van der Waals surface area contributed by atoms with Crippen LogP contribution in [0.15, 0.2) is 60.7 Å². The maximum Gasteiger partial charge on any atom is 0.155 e. The van der Waals surface area contributed by atoms with E-state index in [2.05, 4.69) is 71.1 Å². The lowest BCUT2D eigenvalue weighted by molar-refractivity contribution is -0.123. The van der Waals surface area contributed by atoms with Crippen molar-refractivity contribution in [3.63, 3.8) is 0 Å². The first kappa shape index (κ1) is 24.8. The standard InChI is InChI=1S/C30H38N4O2/c1-23-31-30(20-24-8-4-2-5-9-24)32-34(23)28-13-17-33(18-14-28)16-12-26(25-10-6-3-7-11-25)21-29(35)27-15-19-36-22-27/h2-11,26-28H,12-22H2,1H3. The number of aryl methyl sites for hydroxylation is 1. The summed E-state index contributed by atoms with van der Waals surface area (Å²) in [5.74, 6) is 2.65. The first-order valence-corrected chi connectivity index (χ1v) is 13.5. The second-order valence-electron chi connectivity index (χ2n) is 10.4. The van der Waals surface area contributed by atoms with Crippen LogP contribution in [0.25, 0.3) is 0 Å². The van der Waals surface area contributed by atoms with E-state index in [1.165, 1.54) is 11.1 Å². The summed E-state index contributed by atoms with van der Waals surface area (Å²) in [6, 6.07) is 21.4. The number of hydrogen-bond donors (Lipinski definition) is 0. The van der Waals surface area contributed by atoms with Crippen molar-refractivity contribution in [1.82, 2.24) is 19.7 Å². The van der Waals surface area contributed by atoms with Crippen molar-refractivity contribution < 1.29 is 9.53 Å². The molecule has 2 aromatic carbocycles. The number of rotatable bonds is 10. The minimum Gasteiger partial charge on any atom is -0.381 e. The second-order valence-corrected chi connectivity index (χ2v) is 10.4. The molecule has 6 heteroatoms. The first-order chi connectivity index (χ1) is 17.7. The Balaban J connectivity index is 1.15. The summed E-state index contributed by atoms with van der Waals surface area (Å²) < 4.78 is 7.62. The van der Waals surface area contributed by atoms with E-state index in [4.69, 9.17) is 14.8 Å². The van der Waals surface area contributed by atoms with Crippen molar-refractivity contribution in [2.75, 3.05) is 32.8 Å². The van der Waals surface area contributed by atoms with Gasteiger partial charge in [0.1, 0.15) is 11.6 Å². The van der Waals surface area contributed by atoms with Gasteiger partial charge in [-0.1, -0.05) is 60.7 Å². The number of ketones is 1. The molecule has 36 heavy (non-hydrogen) atoms. The van der Waals surface area contributed by atoms with Gasteiger partial charge in [-0.05, 0) is 56.2 Å². The number of benzene rings is 2. The van der Waals surface area contributed by atoms with Crippen LogP contribution in [0.3, 0.4) is 0 Å². The van der Waals surface area contributed by atoms with Crippen LogP contribution >= 0.6 is 0 Å². The Hall–Kier alpha value is -2.83. The summed E-state index contributed by atoms with van der Waals surface area (Å²) in [5, 5.41) is 4.88. The molecule has 0 amide bonds. The van der Waals surface area contributed by atoms with Crippen molar-refractivity contribution in [1.29, 1.82) is 0 Å². The Labute approximate surface area is 214 Å². The van der Waals surface area contributed by atoms with E-state index in [0.717, 1.165) is 70.0 Å². The lowest BCUT2D eigenvalue weighted by Crippen LogP contribution is -2.36. The molecule has 3 heterocycles. The maximum atomic E-state index is 12.9. The number of carbonyl (C=O) groups is 1.